The molecule has 0 amide bonds. The van der Waals surface area contributed by atoms with Crippen molar-refractivity contribution in [3.8, 4) is 5.75 Å². The van der Waals surface area contributed by atoms with Gasteiger partial charge >= 0.3 is 5.63 Å². The normalized spacial score (nSPS) is 15.2. The smallest absolute Gasteiger partial charge is 0.336 e. The average Bonchev–Trinajstić information content (AvgIpc) is 3.20. The van der Waals surface area contributed by atoms with E-state index in [0.29, 0.717) is 12.2 Å². The molecule has 0 radical (unpaired) electrons. The van der Waals surface area contributed by atoms with Crippen molar-refractivity contribution in [2.45, 2.75) is 12.8 Å². The summed E-state index contributed by atoms with van der Waals surface area (Å²) in [6.45, 7) is 3.79. The van der Waals surface area contributed by atoms with Gasteiger partial charge in [0, 0.05) is 42.0 Å². The van der Waals surface area contributed by atoms with E-state index in [0.717, 1.165) is 43.6 Å². The number of benzene rings is 1. The van der Waals surface area contributed by atoms with Crippen molar-refractivity contribution in [1.29, 1.82) is 0 Å². The van der Waals surface area contributed by atoms with Gasteiger partial charge in [-0.25, -0.2) is 4.79 Å². The Balaban J connectivity index is 1.25. The summed E-state index contributed by atoms with van der Waals surface area (Å²) in [5.41, 5.74) is 1.71. The highest BCUT2D eigenvalue weighted by Gasteiger charge is 2.13. The summed E-state index contributed by atoms with van der Waals surface area (Å²) in [5, 5.41) is 3.04. The Morgan fingerprint density at radius 3 is 2.92 bits per heavy atom. The zero-order valence-corrected chi connectivity index (χ0v) is 15.3. The Bertz CT molecular complexity index is 959. The first kappa shape index (κ1) is 17.1. The van der Waals surface area contributed by atoms with E-state index in [2.05, 4.69) is 28.5 Å². The molecule has 0 spiro atoms. The number of nitrogens with zero attached hydrogens (tertiary/aromatic N) is 1. The zero-order valence-electron chi connectivity index (χ0n) is 14.5. The van der Waals surface area contributed by atoms with Crippen LogP contribution in [0.5, 0.6) is 5.75 Å². The first-order valence-electron chi connectivity index (χ1n) is 8.90. The van der Waals surface area contributed by atoms with Crippen LogP contribution in [-0.4, -0.2) is 31.1 Å². The largest absolute Gasteiger partial charge is 0.493 e. The predicted octanol–water partition coefficient (Wildman–Crippen LogP) is 4.41. The molecule has 0 unspecified atom stereocenters. The number of rotatable bonds is 6. The monoisotopic (exact) mass is 367 g/mol. The third-order valence-electron chi connectivity index (χ3n) is 4.61. The molecule has 134 valence electrons. The molecular weight excluding hydrogens is 346 g/mol. The second kappa shape index (κ2) is 7.89. The number of ether oxygens (including phenoxy) is 1. The summed E-state index contributed by atoms with van der Waals surface area (Å²) in [6.07, 6.45) is 4.44. The van der Waals surface area contributed by atoms with Crippen LogP contribution in [0.4, 0.5) is 0 Å². The topological polar surface area (TPSA) is 42.7 Å². The highest BCUT2D eigenvalue weighted by atomic mass is 32.1. The van der Waals surface area contributed by atoms with Crippen LogP contribution in [0, 0.1) is 0 Å². The van der Waals surface area contributed by atoms with Crippen LogP contribution in [0.3, 0.4) is 0 Å². The molecule has 0 aliphatic carbocycles. The maximum absolute atomic E-state index is 11.3. The van der Waals surface area contributed by atoms with E-state index in [1.807, 2.05) is 23.5 Å². The molecule has 0 N–H and O–H groups in total. The molecule has 0 fully saturated rings. The van der Waals surface area contributed by atoms with Gasteiger partial charge in [-0.3, -0.25) is 4.90 Å². The van der Waals surface area contributed by atoms with E-state index in [1.165, 1.54) is 16.5 Å². The van der Waals surface area contributed by atoms with Crippen molar-refractivity contribution in [1.82, 2.24) is 4.90 Å². The minimum Gasteiger partial charge on any atom is -0.493 e. The van der Waals surface area contributed by atoms with Crippen molar-refractivity contribution in [3.63, 3.8) is 0 Å². The maximum Gasteiger partial charge on any atom is 0.336 e. The van der Waals surface area contributed by atoms with E-state index < -0.39 is 0 Å². The first-order valence-corrected chi connectivity index (χ1v) is 9.78. The molecule has 5 heteroatoms. The summed E-state index contributed by atoms with van der Waals surface area (Å²) in [6, 6.07) is 13.1. The fourth-order valence-corrected chi connectivity index (χ4v) is 4.01. The predicted molar refractivity (Wildman–Crippen MR) is 106 cm³/mol. The Morgan fingerprint density at radius 1 is 1.19 bits per heavy atom. The third-order valence-corrected chi connectivity index (χ3v) is 5.56. The van der Waals surface area contributed by atoms with Crippen LogP contribution < -0.4 is 10.4 Å². The Hall–Kier alpha value is -2.37. The van der Waals surface area contributed by atoms with Gasteiger partial charge in [0.05, 0.1) is 6.61 Å². The number of hydrogen-bond acceptors (Lipinski definition) is 5. The lowest BCUT2D eigenvalue weighted by atomic mass is 10.1. The van der Waals surface area contributed by atoms with E-state index in [-0.39, 0.29) is 5.63 Å². The second-order valence-electron chi connectivity index (χ2n) is 6.41. The molecule has 2 aromatic heterocycles. The molecule has 1 aliphatic rings. The number of hydrogen-bond donors (Lipinski definition) is 0. The van der Waals surface area contributed by atoms with Gasteiger partial charge in [-0.15, -0.1) is 11.3 Å². The number of thiophene rings is 1. The zero-order chi connectivity index (χ0) is 17.8. The van der Waals surface area contributed by atoms with Crippen LogP contribution >= 0.6 is 11.3 Å². The summed E-state index contributed by atoms with van der Waals surface area (Å²) in [5.74, 6) is 0.741. The first-order chi connectivity index (χ1) is 12.8. The van der Waals surface area contributed by atoms with Gasteiger partial charge in [-0.05, 0) is 48.1 Å². The Labute approximate surface area is 156 Å². The highest BCUT2D eigenvalue weighted by Crippen LogP contribution is 2.26. The Morgan fingerprint density at radius 2 is 2.12 bits per heavy atom. The molecule has 26 heavy (non-hydrogen) atoms. The van der Waals surface area contributed by atoms with Gasteiger partial charge in [-0.2, -0.15) is 0 Å². The standard InChI is InChI=1S/C21H21NO3S/c23-21-7-5-16-4-6-18(15-19(16)25-21)24-13-2-10-22-11-8-17(9-12-22)20-3-1-14-26-20/h1,3-8,14-15H,2,9-13H2. The summed E-state index contributed by atoms with van der Waals surface area (Å²) < 4.78 is 11.0. The van der Waals surface area contributed by atoms with Gasteiger partial charge < -0.3 is 9.15 Å². The Kier molecular flexibility index (Phi) is 5.18. The van der Waals surface area contributed by atoms with E-state index in [9.17, 15) is 4.79 Å². The molecular formula is C21H21NO3S. The lowest BCUT2D eigenvalue weighted by molar-refractivity contribution is 0.248. The van der Waals surface area contributed by atoms with Gasteiger partial charge in [-0.1, -0.05) is 12.1 Å². The fourth-order valence-electron chi connectivity index (χ4n) is 3.21. The van der Waals surface area contributed by atoms with E-state index in [1.54, 1.807) is 12.1 Å². The molecule has 1 aromatic carbocycles. The van der Waals surface area contributed by atoms with Gasteiger partial charge in [0.1, 0.15) is 11.3 Å². The molecule has 0 bridgehead atoms. The summed E-state index contributed by atoms with van der Waals surface area (Å²) in [7, 11) is 0. The van der Waals surface area contributed by atoms with Crippen LogP contribution in [0.1, 0.15) is 17.7 Å². The fraction of sp³-hybridized carbons (Fsp3) is 0.286. The van der Waals surface area contributed by atoms with Crippen LogP contribution in [0.15, 0.2) is 63.1 Å². The highest BCUT2D eigenvalue weighted by molar-refractivity contribution is 7.11. The number of fused-ring (bicyclic) bond motifs is 1. The van der Waals surface area contributed by atoms with Crippen molar-refractivity contribution >= 4 is 27.9 Å². The second-order valence-corrected chi connectivity index (χ2v) is 7.36. The van der Waals surface area contributed by atoms with Crippen LogP contribution in [-0.2, 0) is 0 Å². The van der Waals surface area contributed by atoms with Gasteiger partial charge in [0.25, 0.3) is 0 Å². The SMILES string of the molecule is O=c1ccc2ccc(OCCCN3CC=C(c4cccs4)CC3)cc2o1. The minimum absolute atomic E-state index is 0.338. The van der Waals surface area contributed by atoms with Crippen molar-refractivity contribution < 1.29 is 9.15 Å². The molecule has 4 nitrogen and oxygen atoms in total. The van der Waals surface area contributed by atoms with Crippen molar-refractivity contribution in [3.05, 3.63) is 69.2 Å². The minimum atomic E-state index is -0.338. The lowest BCUT2D eigenvalue weighted by Gasteiger charge is -2.25. The molecule has 0 atom stereocenters. The van der Waals surface area contributed by atoms with E-state index >= 15 is 0 Å². The van der Waals surface area contributed by atoms with Crippen LogP contribution in [0.2, 0.25) is 0 Å². The molecule has 3 heterocycles. The van der Waals surface area contributed by atoms with Crippen LogP contribution in [0.25, 0.3) is 16.5 Å². The maximum atomic E-state index is 11.3. The lowest BCUT2D eigenvalue weighted by Crippen LogP contribution is -2.30. The summed E-state index contributed by atoms with van der Waals surface area (Å²) in [4.78, 5) is 15.2. The van der Waals surface area contributed by atoms with Gasteiger partial charge in [0.15, 0.2) is 0 Å². The molecule has 0 saturated heterocycles. The average molecular weight is 367 g/mol. The summed E-state index contributed by atoms with van der Waals surface area (Å²) >= 11 is 1.82. The van der Waals surface area contributed by atoms with Crippen molar-refractivity contribution in [2.24, 2.45) is 0 Å². The molecule has 1 aliphatic heterocycles. The third kappa shape index (κ3) is 4.06. The van der Waals surface area contributed by atoms with E-state index in [4.69, 9.17) is 9.15 Å². The molecule has 4 rings (SSSR count). The van der Waals surface area contributed by atoms with Gasteiger partial charge in [0.2, 0.25) is 0 Å². The molecule has 0 saturated carbocycles. The van der Waals surface area contributed by atoms with Crippen molar-refractivity contribution in [2.75, 3.05) is 26.2 Å². The molecule has 3 aromatic rings. The quantitative estimate of drug-likeness (QED) is 0.478.